The summed E-state index contributed by atoms with van der Waals surface area (Å²) >= 11 is 0. The first-order chi connectivity index (χ1) is 11.5. The fourth-order valence-electron chi connectivity index (χ4n) is 2.41. The highest BCUT2D eigenvalue weighted by Crippen LogP contribution is 2.28. The van der Waals surface area contributed by atoms with E-state index in [4.69, 9.17) is 9.15 Å². The van der Waals surface area contributed by atoms with Crippen LogP contribution in [0.4, 0.5) is 0 Å². The van der Waals surface area contributed by atoms with Gasteiger partial charge in [-0.3, -0.25) is 4.79 Å². The second-order valence-corrected chi connectivity index (χ2v) is 5.08. The normalized spacial score (nSPS) is 10.7. The van der Waals surface area contributed by atoms with Crippen LogP contribution in [0.15, 0.2) is 51.7 Å². The number of fused-ring (bicyclic) bond motifs is 1. The highest BCUT2D eigenvalue weighted by Gasteiger charge is 2.23. The van der Waals surface area contributed by atoms with Crippen molar-refractivity contribution < 1.29 is 24.2 Å². The third-order valence-corrected chi connectivity index (χ3v) is 3.49. The Morgan fingerprint density at radius 1 is 1.08 bits per heavy atom. The minimum Gasteiger partial charge on any atom is -0.508 e. The molecule has 0 aliphatic rings. The van der Waals surface area contributed by atoms with Gasteiger partial charge in [0.05, 0.1) is 17.6 Å². The number of rotatable bonds is 3. The smallest absolute Gasteiger partial charge is 0.375 e. The number of phenols is 2. The summed E-state index contributed by atoms with van der Waals surface area (Å²) in [6.45, 7) is 1.76. The monoisotopic (exact) mass is 326 g/mol. The molecular weight excluding hydrogens is 312 g/mol. The molecule has 0 aliphatic heterocycles. The Kier molecular flexibility index (Phi) is 3.95. The van der Waals surface area contributed by atoms with Gasteiger partial charge in [0.25, 0.3) is 0 Å². The van der Waals surface area contributed by atoms with E-state index >= 15 is 0 Å². The first-order valence-electron chi connectivity index (χ1n) is 7.27. The summed E-state index contributed by atoms with van der Waals surface area (Å²) in [4.78, 5) is 25.1. The Morgan fingerprint density at radius 3 is 2.42 bits per heavy atom. The van der Waals surface area contributed by atoms with Gasteiger partial charge in [-0.15, -0.1) is 0 Å². The number of carbonyl (C=O) groups is 1. The van der Waals surface area contributed by atoms with Crippen molar-refractivity contribution in [1.82, 2.24) is 0 Å². The molecule has 2 aromatic carbocycles. The molecule has 2 N–H and O–H groups in total. The zero-order chi connectivity index (χ0) is 17.3. The first-order valence-corrected chi connectivity index (χ1v) is 7.27. The molecule has 3 rings (SSSR count). The molecule has 0 saturated carbocycles. The van der Waals surface area contributed by atoms with Gasteiger partial charge in [0, 0.05) is 6.07 Å². The Balaban J connectivity index is 2.35. The summed E-state index contributed by atoms with van der Waals surface area (Å²) in [7, 11) is 0. The van der Waals surface area contributed by atoms with Crippen LogP contribution in [0.5, 0.6) is 11.5 Å². The van der Waals surface area contributed by atoms with Gasteiger partial charge in [-0.2, -0.15) is 0 Å². The third kappa shape index (κ3) is 2.69. The number of esters is 1. The van der Waals surface area contributed by atoms with Crippen molar-refractivity contribution in [1.29, 1.82) is 0 Å². The van der Waals surface area contributed by atoms with Crippen molar-refractivity contribution in [3.63, 3.8) is 0 Å². The number of hydrogen-bond acceptors (Lipinski definition) is 6. The van der Waals surface area contributed by atoms with Gasteiger partial charge in [0.2, 0.25) is 11.2 Å². The van der Waals surface area contributed by atoms with Crippen LogP contribution in [-0.4, -0.2) is 22.8 Å². The van der Waals surface area contributed by atoms with Gasteiger partial charge >= 0.3 is 5.97 Å². The molecule has 0 radical (unpaired) electrons. The lowest BCUT2D eigenvalue weighted by atomic mass is 10.0. The van der Waals surface area contributed by atoms with Crippen LogP contribution in [-0.2, 0) is 4.74 Å². The van der Waals surface area contributed by atoms with E-state index in [-0.39, 0.29) is 40.4 Å². The Bertz CT molecular complexity index is 969. The highest BCUT2D eigenvalue weighted by atomic mass is 16.5. The molecule has 3 aromatic rings. The predicted molar refractivity (Wildman–Crippen MR) is 87.2 cm³/mol. The molecule has 0 aliphatic carbocycles. The zero-order valence-corrected chi connectivity index (χ0v) is 12.8. The summed E-state index contributed by atoms with van der Waals surface area (Å²) in [6.07, 6.45) is 0. The summed E-state index contributed by atoms with van der Waals surface area (Å²) < 4.78 is 10.5. The molecular formula is C18H14O6. The average molecular weight is 326 g/mol. The Hall–Kier alpha value is -3.28. The molecule has 0 fully saturated rings. The van der Waals surface area contributed by atoms with Crippen LogP contribution in [0.3, 0.4) is 0 Å². The maximum absolute atomic E-state index is 12.8. The van der Waals surface area contributed by atoms with Gasteiger partial charge in [-0.1, -0.05) is 12.1 Å². The van der Waals surface area contributed by atoms with E-state index in [1.807, 2.05) is 0 Å². The van der Waals surface area contributed by atoms with Gasteiger partial charge in [-0.05, 0) is 36.8 Å². The minimum atomic E-state index is -0.775. The third-order valence-electron chi connectivity index (χ3n) is 3.49. The summed E-state index contributed by atoms with van der Waals surface area (Å²) in [5, 5.41) is 19.2. The summed E-state index contributed by atoms with van der Waals surface area (Å²) in [5.41, 5.74) is 0.127. The molecule has 0 amide bonds. The van der Waals surface area contributed by atoms with E-state index in [0.29, 0.717) is 5.56 Å². The molecule has 0 bridgehead atoms. The van der Waals surface area contributed by atoms with E-state index in [1.165, 1.54) is 42.5 Å². The SMILES string of the molecule is CCOC(=O)c1oc2cc(O)ccc2c(=O)c1-c1ccc(O)cc1. The van der Waals surface area contributed by atoms with Gasteiger partial charge in [-0.25, -0.2) is 4.79 Å². The highest BCUT2D eigenvalue weighted by molar-refractivity contribution is 5.97. The lowest BCUT2D eigenvalue weighted by Gasteiger charge is -2.10. The van der Waals surface area contributed by atoms with E-state index in [2.05, 4.69) is 0 Å². The van der Waals surface area contributed by atoms with Crippen LogP contribution in [0.25, 0.3) is 22.1 Å². The second-order valence-electron chi connectivity index (χ2n) is 5.08. The second kappa shape index (κ2) is 6.08. The average Bonchev–Trinajstić information content (AvgIpc) is 2.55. The van der Waals surface area contributed by atoms with E-state index < -0.39 is 11.4 Å². The molecule has 1 heterocycles. The molecule has 6 nitrogen and oxygen atoms in total. The van der Waals surface area contributed by atoms with Crippen molar-refractivity contribution in [2.24, 2.45) is 0 Å². The molecule has 0 spiro atoms. The number of ether oxygens (including phenoxy) is 1. The standard InChI is InChI=1S/C18H14O6/c1-2-23-18(22)17-15(10-3-5-11(19)6-4-10)16(21)13-8-7-12(20)9-14(13)24-17/h3-9,19-20H,2H2,1H3. The van der Waals surface area contributed by atoms with E-state index in [9.17, 15) is 19.8 Å². The van der Waals surface area contributed by atoms with Crippen LogP contribution in [0, 0.1) is 0 Å². The zero-order valence-electron chi connectivity index (χ0n) is 12.8. The van der Waals surface area contributed by atoms with Crippen molar-refractivity contribution in [3.8, 4) is 22.6 Å². The molecule has 24 heavy (non-hydrogen) atoms. The van der Waals surface area contributed by atoms with Crippen LogP contribution in [0.2, 0.25) is 0 Å². The number of carbonyl (C=O) groups excluding carboxylic acids is 1. The van der Waals surface area contributed by atoms with Crippen LogP contribution < -0.4 is 5.43 Å². The number of hydrogen-bond donors (Lipinski definition) is 2. The fraction of sp³-hybridized carbons (Fsp3) is 0.111. The van der Waals surface area contributed by atoms with Crippen molar-refractivity contribution >= 4 is 16.9 Å². The van der Waals surface area contributed by atoms with Crippen LogP contribution in [0.1, 0.15) is 17.5 Å². The number of phenolic OH excluding ortho intramolecular Hbond substituents is 2. The molecule has 122 valence electrons. The quantitative estimate of drug-likeness (QED) is 0.718. The molecule has 0 atom stereocenters. The first kappa shape index (κ1) is 15.6. The summed E-state index contributed by atoms with van der Waals surface area (Å²) in [5.74, 6) is -1.07. The maximum Gasteiger partial charge on any atom is 0.375 e. The predicted octanol–water partition coefficient (Wildman–Crippen LogP) is 3.05. The van der Waals surface area contributed by atoms with E-state index in [0.717, 1.165) is 0 Å². The lowest BCUT2D eigenvalue weighted by molar-refractivity contribution is 0.0492. The van der Waals surface area contributed by atoms with E-state index in [1.54, 1.807) is 6.92 Å². The topological polar surface area (TPSA) is 97.0 Å². The molecule has 1 aromatic heterocycles. The Morgan fingerprint density at radius 2 is 1.75 bits per heavy atom. The fourth-order valence-corrected chi connectivity index (χ4v) is 2.41. The lowest BCUT2D eigenvalue weighted by Crippen LogP contribution is -2.14. The van der Waals surface area contributed by atoms with Gasteiger partial charge in [0.1, 0.15) is 17.1 Å². The van der Waals surface area contributed by atoms with Gasteiger partial charge in [0.15, 0.2) is 0 Å². The van der Waals surface area contributed by atoms with Crippen molar-refractivity contribution in [3.05, 3.63) is 58.4 Å². The summed E-state index contributed by atoms with van der Waals surface area (Å²) in [6, 6.07) is 9.89. The largest absolute Gasteiger partial charge is 0.508 e. The molecule has 6 heteroatoms. The van der Waals surface area contributed by atoms with Gasteiger partial charge < -0.3 is 19.4 Å². The van der Waals surface area contributed by atoms with Crippen LogP contribution >= 0.6 is 0 Å². The Labute approximate surface area is 136 Å². The maximum atomic E-state index is 12.8. The van der Waals surface area contributed by atoms with Crippen molar-refractivity contribution in [2.75, 3.05) is 6.61 Å². The minimum absolute atomic E-state index is 0.0338. The molecule has 0 unspecified atom stereocenters. The number of aromatic hydroxyl groups is 2. The molecule has 0 saturated heterocycles. The van der Waals surface area contributed by atoms with Crippen molar-refractivity contribution in [2.45, 2.75) is 6.92 Å². The number of benzene rings is 2.